The molecule has 31 heavy (non-hydrogen) atoms. The van der Waals surface area contributed by atoms with E-state index >= 15 is 0 Å². The van der Waals surface area contributed by atoms with Gasteiger partial charge in [-0.2, -0.15) is 0 Å². The molecule has 0 aliphatic heterocycles. The average molecular weight is 482 g/mol. The topological polar surface area (TPSA) is 45.6 Å². The Bertz CT molecular complexity index is 1010. The van der Waals surface area contributed by atoms with Crippen LogP contribution in [0.25, 0.3) is 0 Å². The molecular formula is C25H28BrN3O2. The lowest BCUT2D eigenvalue weighted by Gasteiger charge is -2.30. The maximum atomic E-state index is 13.4. The highest BCUT2D eigenvalue weighted by molar-refractivity contribution is 9.10. The van der Waals surface area contributed by atoms with Gasteiger partial charge in [0.15, 0.2) is 0 Å². The van der Waals surface area contributed by atoms with Crippen LogP contribution in [0.4, 0.5) is 0 Å². The summed E-state index contributed by atoms with van der Waals surface area (Å²) in [5.74, 6) is -0.224. The molecule has 3 rings (SSSR count). The summed E-state index contributed by atoms with van der Waals surface area (Å²) in [7, 11) is 1.97. The smallest absolute Gasteiger partial charge is 0.254 e. The van der Waals surface area contributed by atoms with E-state index in [1.807, 2.05) is 91.2 Å². The van der Waals surface area contributed by atoms with Crippen LogP contribution < -0.4 is 0 Å². The van der Waals surface area contributed by atoms with E-state index in [0.29, 0.717) is 18.7 Å². The van der Waals surface area contributed by atoms with Crippen molar-refractivity contribution in [1.82, 2.24) is 14.4 Å². The molecule has 0 saturated carbocycles. The number of amides is 2. The highest BCUT2D eigenvalue weighted by Crippen LogP contribution is 2.16. The number of carbonyl (C=O) groups is 2. The summed E-state index contributed by atoms with van der Waals surface area (Å²) in [6.45, 7) is 4.87. The Morgan fingerprint density at radius 3 is 2.19 bits per heavy atom. The number of carbonyl (C=O) groups excluding carboxylic acids is 2. The van der Waals surface area contributed by atoms with Gasteiger partial charge < -0.3 is 14.4 Å². The molecule has 0 fully saturated rings. The summed E-state index contributed by atoms with van der Waals surface area (Å²) >= 11 is 3.40. The van der Waals surface area contributed by atoms with Gasteiger partial charge in [-0.3, -0.25) is 9.59 Å². The van der Waals surface area contributed by atoms with E-state index in [9.17, 15) is 9.59 Å². The molecule has 162 valence electrons. The van der Waals surface area contributed by atoms with Crippen LogP contribution in [-0.2, 0) is 24.9 Å². The van der Waals surface area contributed by atoms with Crippen molar-refractivity contribution in [2.75, 3.05) is 6.54 Å². The molecule has 1 aromatic heterocycles. The SMILES string of the molecule is CC(C)N(CC(=O)N(Cc1ccccc1)Cc1cccn1C)C(=O)c1ccc(Br)cc1. The average Bonchev–Trinajstić information content (AvgIpc) is 3.16. The van der Waals surface area contributed by atoms with Crippen LogP contribution in [0.1, 0.15) is 35.5 Å². The molecule has 0 atom stereocenters. The van der Waals surface area contributed by atoms with Crippen molar-refractivity contribution in [1.29, 1.82) is 0 Å². The molecule has 2 amide bonds. The first-order chi connectivity index (χ1) is 14.8. The van der Waals surface area contributed by atoms with Crippen LogP contribution in [0.15, 0.2) is 77.4 Å². The van der Waals surface area contributed by atoms with Gasteiger partial charge in [0.1, 0.15) is 6.54 Å². The van der Waals surface area contributed by atoms with E-state index in [1.165, 1.54) is 0 Å². The van der Waals surface area contributed by atoms with Crippen LogP contribution in [0.5, 0.6) is 0 Å². The van der Waals surface area contributed by atoms with Crippen LogP contribution in [0, 0.1) is 0 Å². The Balaban J connectivity index is 1.81. The molecule has 0 radical (unpaired) electrons. The zero-order valence-electron chi connectivity index (χ0n) is 18.2. The van der Waals surface area contributed by atoms with Gasteiger partial charge in [-0.05, 0) is 55.8 Å². The molecule has 0 saturated heterocycles. The third-order valence-electron chi connectivity index (χ3n) is 5.25. The molecule has 0 aliphatic rings. The van der Waals surface area contributed by atoms with Crippen molar-refractivity contribution < 1.29 is 9.59 Å². The number of nitrogens with zero attached hydrogens (tertiary/aromatic N) is 3. The number of hydrogen-bond acceptors (Lipinski definition) is 2. The first kappa shape index (κ1) is 22.8. The highest BCUT2D eigenvalue weighted by Gasteiger charge is 2.25. The minimum Gasteiger partial charge on any atom is -0.353 e. The molecule has 0 bridgehead atoms. The summed E-state index contributed by atoms with van der Waals surface area (Å²) in [6, 6.07) is 21.0. The molecule has 0 N–H and O–H groups in total. The van der Waals surface area contributed by atoms with E-state index < -0.39 is 0 Å². The lowest BCUT2D eigenvalue weighted by Crippen LogP contribution is -2.45. The van der Waals surface area contributed by atoms with Gasteiger partial charge >= 0.3 is 0 Å². The van der Waals surface area contributed by atoms with Crippen molar-refractivity contribution in [3.8, 4) is 0 Å². The second kappa shape index (κ2) is 10.4. The molecule has 1 heterocycles. The van der Waals surface area contributed by atoms with Gasteiger partial charge in [-0.1, -0.05) is 46.3 Å². The zero-order chi connectivity index (χ0) is 22.4. The number of benzene rings is 2. The van der Waals surface area contributed by atoms with Crippen molar-refractivity contribution in [2.45, 2.75) is 33.0 Å². The first-order valence-electron chi connectivity index (χ1n) is 10.3. The first-order valence-corrected chi connectivity index (χ1v) is 11.1. The lowest BCUT2D eigenvalue weighted by molar-refractivity contribution is -0.133. The van der Waals surface area contributed by atoms with Crippen LogP contribution in [-0.4, -0.2) is 38.8 Å². The number of halogens is 1. The largest absolute Gasteiger partial charge is 0.353 e. The zero-order valence-corrected chi connectivity index (χ0v) is 19.7. The fraction of sp³-hybridized carbons (Fsp3) is 0.280. The van der Waals surface area contributed by atoms with E-state index in [0.717, 1.165) is 15.7 Å². The van der Waals surface area contributed by atoms with Crippen molar-refractivity contribution in [3.63, 3.8) is 0 Å². The normalized spacial score (nSPS) is 10.9. The van der Waals surface area contributed by atoms with Gasteiger partial charge in [-0.15, -0.1) is 0 Å². The molecule has 2 aromatic carbocycles. The van der Waals surface area contributed by atoms with Crippen LogP contribution in [0.3, 0.4) is 0 Å². The van der Waals surface area contributed by atoms with E-state index in [-0.39, 0.29) is 24.4 Å². The van der Waals surface area contributed by atoms with E-state index in [4.69, 9.17) is 0 Å². The lowest BCUT2D eigenvalue weighted by atomic mass is 10.1. The highest BCUT2D eigenvalue weighted by atomic mass is 79.9. The summed E-state index contributed by atoms with van der Waals surface area (Å²) in [5, 5.41) is 0. The minimum atomic E-state index is -0.144. The molecule has 0 unspecified atom stereocenters. The summed E-state index contributed by atoms with van der Waals surface area (Å²) < 4.78 is 2.92. The fourth-order valence-corrected chi connectivity index (χ4v) is 3.65. The Hall–Kier alpha value is -2.86. The third-order valence-corrected chi connectivity index (χ3v) is 5.78. The minimum absolute atomic E-state index is 0.0316. The van der Waals surface area contributed by atoms with Crippen molar-refractivity contribution in [3.05, 3.63) is 94.2 Å². The maximum absolute atomic E-state index is 13.4. The Labute approximate surface area is 192 Å². The second-order valence-corrected chi connectivity index (χ2v) is 8.80. The molecule has 0 spiro atoms. The molecule has 0 aliphatic carbocycles. The predicted octanol–water partition coefficient (Wildman–Crippen LogP) is 4.87. The molecular weight excluding hydrogens is 454 g/mol. The monoisotopic (exact) mass is 481 g/mol. The van der Waals surface area contributed by atoms with E-state index in [1.54, 1.807) is 17.0 Å². The van der Waals surface area contributed by atoms with Crippen molar-refractivity contribution >= 4 is 27.7 Å². The van der Waals surface area contributed by atoms with Gasteiger partial charge in [-0.25, -0.2) is 0 Å². The number of rotatable bonds is 8. The quantitative estimate of drug-likeness (QED) is 0.460. The fourth-order valence-electron chi connectivity index (χ4n) is 3.39. The summed E-state index contributed by atoms with van der Waals surface area (Å²) in [6.07, 6.45) is 1.97. The number of aryl methyl sites for hydroxylation is 1. The summed E-state index contributed by atoms with van der Waals surface area (Å²) in [4.78, 5) is 30.0. The van der Waals surface area contributed by atoms with Crippen LogP contribution in [0.2, 0.25) is 0 Å². The summed E-state index contributed by atoms with van der Waals surface area (Å²) in [5.41, 5.74) is 2.67. The van der Waals surface area contributed by atoms with Gasteiger partial charge in [0.05, 0.1) is 6.54 Å². The molecule has 3 aromatic rings. The van der Waals surface area contributed by atoms with Gasteiger partial charge in [0.2, 0.25) is 5.91 Å². The Morgan fingerprint density at radius 2 is 1.61 bits per heavy atom. The van der Waals surface area contributed by atoms with Crippen LogP contribution >= 0.6 is 15.9 Å². The Morgan fingerprint density at radius 1 is 0.935 bits per heavy atom. The van der Waals surface area contributed by atoms with Crippen molar-refractivity contribution in [2.24, 2.45) is 7.05 Å². The predicted molar refractivity (Wildman–Crippen MR) is 126 cm³/mol. The van der Waals surface area contributed by atoms with Gasteiger partial charge in [0, 0.05) is 41.6 Å². The molecule has 5 nitrogen and oxygen atoms in total. The second-order valence-electron chi connectivity index (χ2n) is 7.88. The standard InChI is InChI=1S/C25H28BrN3O2/c1-19(2)29(25(31)21-11-13-22(26)14-12-21)18-24(30)28(16-20-8-5-4-6-9-20)17-23-10-7-15-27(23)3/h4-15,19H,16-18H2,1-3H3. The van der Waals surface area contributed by atoms with E-state index in [2.05, 4.69) is 15.9 Å². The third kappa shape index (κ3) is 6.07. The molecule has 6 heteroatoms. The number of aromatic nitrogens is 1. The van der Waals surface area contributed by atoms with Gasteiger partial charge in [0.25, 0.3) is 5.91 Å². The maximum Gasteiger partial charge on any atom is 0.254 e. The Kier molecular flexibility index (Phi) is 7.69. The number of hydrogen-bond donors (Lipinski definition) is 0.